The van der Waals surface area contributed by atoms with Crippen LogP contribution in [0, 0.1) is 5.41 Å². The lowest BCUT2D eigenvalue weighted by molar-refractivity contribution is -0.0297. The van der Waals surface area contributed by atoms with Crippen LogP contribution in [0.5, 0.6) is 0 Å². The maximum absolute atomic E-state index is 5.84. The van der Waals surface area contributed by atoms with Crippen molar-refractivity contribution in [1.82, 2.24) is 0 Å². The quantitative estimate of drug-likeness (QED) is 0.707. The van der Waals surface area contributed by atoms with Gasteiger partial charge in [-0.1, -0.05) is 27.7 Å². The topological polar surface area (TPSA) is 35.2 Å². The molecule has 12 heavy (non-hydrogen) atoms. The molecule has 0 aromatic carbocycles. The smallest absolute Gasteiger partial charge is 0.0771 e. The maximum Gasteiger partial charge on any atom is 0.0771 e. The number of hydrogen-bond acceptors (Lipinski definition) is 2. The van der Waals surface area contributed by atoms with E-state index in [-0.39, 0.29) is 17.6 Å². The highest BCUT2D eigenvalue weighted by Gasteiger charge is 2.28. The normalized spacial score (nSPS) is 17.5. The van der Waals surface area contributed by atoms with Gasteiger partial charge in [0.25, 0.3) is 0 Å². The van der Waals surface area contributed by atoms with Crippen LogP contribution in [-0.4, -0.2) is 18.8 Å². The summed E-state index contributed by atoms with van der Waals surface area (Å²) in [7, 11) is 0. The Kier molecular flexibility index (Phi) is 4.80. The van der Waals surface area contributed by atoms with Crippen LogP contribution in [0.3, 0.4) is 0 Å². The molecule has 0 aliphatic heterocycles. The van der Waals surface area contributed by atoms with Gasteiger partial charge in [0, 0.05) is 12.6 Å². The van der Waals surface area contributed by atoms with Crippen molar-refractivity contribution >= 4 is 0 Å². The van der Waals surface area contributed by atoms with E-state index in [0.29, 0.717) is 0 Å². The molecule has 2 atom stereocenters. The van der Waals surface area contributed by atoms with Crippen molar-refractivity contribution in [2.75, 3.05) is 6.61 Å². The monoisotopic (exact) mass is 173 g/mol. The molecule has 2 nitrogen and oxygen atoms in total. The summed E-state index contributed by atoms with van der Waals surface area (Å²) in [5.41, 5.74) is 5.98. The second-order valence-electron chi connectivity index (χ2n) is 4.52. The van der Waals surface area contributed by atoms with Crippen LogP contribution >= 0.6 is 0 Å². The highest BCUT2D eigenvalue weighted by Crippen LogP contribution is 2.24. The number of ether oxygens (including phenoxy) is 1. The van der Waals surface area contributed by atoms with Crippen molar-refractivity contribution in [3.05, 3.63) is 0 Å². The average Bonchev–Trinajstić information content (AvgIpc) is 1.84. The molecular formula is C10H23NO. The van der Waals surface area contributed by atoms with Crippen molar-refractivity contribution in [3.63, 3.8) is 0 Å². The Morgan fingerprint density at radius 3 is 2.08 bits per heavy atom. The van der Waals surface area contributed by atoms with Crippen LogP contribution in [0.4, 0.5) is 0 Å². The zero-order valence-electron chi connectivity index (χ0n) is 9.05. The van der Waals surface area contributed by atoms with Crippen LogP contribution in [0.25, 0.3) is 0 Å². The molecule has 0 spiro atoms. The molecule has 2 heteroatoms. The fraction of sp³-hybridized carbons (Fsp3) is 1.00. The third-order valence-electron chi connectivity index (χ3n) is 1.83. The van der Waals surface area contributed by atoms with Crippen molar-refractivity contribution in [2.45, 2.75) is 53.2 Å². The fourth-order valence-electron chi connectivity index (χ4n) is 1.44. The summed E-state index contributed by atoms with van der Waals surface area (Å²) in [6.45, 7) is 11.4. The van der Waals surface area contributed by atoms with Gasteiger partial charge in [0.05, 0.1) is 6.10 Å². The molecule has 74 valence electrons. The first-order valence-electron chi connectivity index (χ1n) is 4.76. The summed E-state index contributed by atoms with van der Waals surface area (Å²) < 4.78 is 5.69. The Morgan fingerprint density at radius 1 is 1.33 bits per heavy atom. The van der Waals surface area contributed by atoms with Gasteiger partial charge in [-0.15, -0.1) is 0 Å². The van der Waals surface area contributed by atoms with E-state index in [9.17, 15) is 0 Å². The lowest BCUT2D eigenvalue weighted by atomic mass is 9.85. The van der Waals surface area contributed by atoms with Crippen LogP contribution in [0.2, 0.25) is 0 Å². The molecule has 0 saturated carbocycles. The minimum absolute atomic E-state index is 0.108. The van der Waals surface area contributed by atoms with Crippen molar-refractivity contribution < 1.29 is 4.74 Å². The predicted octanol–water partition coefficient (Wildman–Crippen LogP) is 2.17. The molecule has 0 aromatic heterocycles. The van der Waals surface area contributed by atoms with E-state index in [2.05, 4.69) is 27.7 Å². The van der Waals surface area contributed by atoms with E-state index in [0.717, 1.165) is 13.0 Å². The summed E-state index contributed by atoms with van der Waals surface area (Å²) in [5.74, 6) is 0. The largest absolute Gasteiger partial charge is 0.376 e. The Balaban J connectivity index is 4.05. The minimum atomic E-state index is 0.108. The molecule has 2 unspecified atom stereocenters. The van der Waals surface area contributed by atoms with Crippen LogP contribution < -0.4 is 5.73 Å². The SMILES string of the molecule is CCCOC(C(C)N)C(C)(C)C. The summed E-state index contributed by atoms with van der Waals surface area (Å²) >= 11 is 0. The van der Waals surface area contributed by atoms with Gasteiger partial charge in [0.2, 0.25) is 0 Å². The first kappa shape index (κ1) is 11.9. The molecule has 0 amide bonds. The van der Waals surface area contributed by atoms with E-state index in [4.69, 9.17) is 10.5 Å². The Labute approximate surface area is 76.5 Å². The molecule has 0 radical (unpaired) electrons. The van der Waals surface area contributed by atoms with Gasteiger partial charge in [-0.05, 0) is 18.8 Å². The lowest BCUT2D eigenvalue weighted by Crippen LogP contribution is -2.43. The first-order valence-corrected chi connectivity index (χ1v) is 4.76. The Bertz CT molecular complexity index is 115. The second-order valence-corrected chi connectivity index (χ2v) is 4.52. The molecule has 0 bridgehead atoms. The zero-order chi connectivity index (χ0) is 9.78. The molecule has 0 heterocycles. The van der Waals surface area contributed by atoms with Crippen molar-refractivity contribution in [1.29, 1.82) is 0 Å². The summed E-state index contributed by atoms with van der Waals surface area (Å²) in [4.78, 5) is 0. The standard InChI is InChI=1S/C10H23NO/c1-6-7-12-9(8(2)11)10(3,4)5/h8-9H,6-7,11H2,1-5H3. The maximum atomic E-state index is 5.84. The van der Waals surface area contributed by atoms with E-state index < -0.39 is 0 Å². The van der Waals surface area contributed by atoms with Crippen LogP contribution in [0.15, 0.2) is 0 Å². The summed E-state index contributed by atoms with van der Waals surface area (Å²) in [6.07, 6.45) is 1.22. The highest BCUT2D eigenvalue weighted by molar-refractivity contribution is 4.81. The van der Waals surface area contributed by atoms with Gasteiger partial charge in [0.15, 0.2) is 0 Å². The number of rotatable bonds is 4. The summed E-state index contributed by atoms with van der Waals surface area (Å²) in [5, 5.41) is 0. The third-order valence-corrected chi connectivity index (χ3v) is 1.83. The predicted molar refractivity (Wildman–Crippen MR) is 53.1 cm³/mol. The zero-order valence-corrected chi connectivity index (χ0v) is 9.05. The number of hydrogen-bond donors (Lipinski definition) is 1. The summed E-state index contributed by atoms with van der Waals surface area (Å²) in [6, 6.07) is 0.108. The van der Waals surface area contributed by atoms with Gasteiger partial charge >= 0.3 is 0 Å². The van der Waals surface area contributed by atoms with E-state index in [1.807, 2.05) is 6.92 Å². The van der Waals surface area contributed by atoms with E-state index in [1.54, 1.807) is 0 Å². The van der Waals surface area contributed by atoms with E-state index >= 15 is 0 Å². The van der Waals surface area contributed by atoms with Gasteiger partial charge in [-0.3, -0.25) is 0 Å². The van der Waals surface area contributed by atoms with Crippen LogP contribution in [-0.2, 0) is 4.74 Å². The van der Waals surface area contributed by atoms with Gasteiger partial charge in [0.1, 0.15) is 0 Å². The molecule has 0 aromatic rings. The Morgan fingerprint density at radius 2 is 1.83 bits per heavy atom. The van der Waals surface area contributed by atoms with Crippen molar-refractivity contribution in [3.8, 4) is 0 Å². The minimum Gasteiger partial charge on any atom is -0.376 e. The molecule has 0 rings (SSSR count). The molecule has 0 saturated heterocycles. The van der Waals surface area contributed by atoms with Gasteiger partial charge < -0.3 is 10.5 Å². The Hall–Kier alpha value is -0.0800. The molecule has 0 aliphatic rings. The first-order chi connectivity index (χ1) is 5.39. The highest BCUT2D eigenvalue weighted by atomic mass is 16.5. The van der Waals surface area contributed by atoms with Gasteiger partial charge in [-0.25, -0.2) is 0 Å². The lowest BCUT2D eigenvalue weighted by Gasteiger charge is -2.33. The third kappa shape index (κ3) is 4.07. The van der Waals surface area contributed by atoms with Crippen LogP contribution in [0.1, 0.15) is 41.0 Å². The molecule has 0 fully saturated rings. The van der Waals surface area contributed by atoms with Gasteiger partial charge in [-0.2, -0.15) is 0 Å². The number of nitrogens with two attached hydrogens (primary N) is 1. The molecular weight excluding hydrogens is 150 g/mol. The second kappa shape index (κ2) is 4.83. The fourth-order valence-corrected chi connectivity index (χ4v) is 1.44. The molecule has 0 aliphatic carbocycles. The van der Waals surface area contributed by atoms with Crippen molar-refractivity contribution in [2.24, 2.45) is 11.1 Å². The molecule has 2 N–H and O–H groups in total. The average molecular weight is 173 g/mol. The van der Waals surface area contributed by atoms with E-state index in [1.165, 1.54) is 0 Å².